The highest BCUT2D eigenvalue weighted by molar-refractivity contribution is 7.22. The molecule has 1 N–H and O–H groups in total. The molecular formula is C25H20FN7O3S. The molecule has 0 spiro atoms. The number of morpholine rings is 1. The number of thiazole rings is 1. The Hall–Kier alpha value is -4.29. The number of fused-ring (bicyclic) bond motifs is 1. The Balaban J connectivity index is 1.35. The molecule has 0 atom stereocenters. The number of hydrogen-bond acceptors (Lipinski definition) is 10. The molecule has 12 heteroatoms. The van der Waals surface area contributed by atoms with Crippen molar-refractivity contribution in [1.82, 2.24) is 24.9 Å². The van der Waals surface area contributed by atoms with E-state index >= 15 is 0 Å². The molecule has 0 unspecified atom stereocenters. The number of oxazole rings is 1. The van der Waals surface area contributed by atoms with Crippen LogP contribution in [0.25, 0.3) is 33.1 Å². The average Bonchev–Trinajstić information content (AvgIpc) is 3.57. The lowest BCUT2D eigenvalue weighted by molar-refractivity contribution is 0.102. The van der Waals surface area contributed by atoms with E-state index in [0.717, 1.165) is 28.6 Å². The van der Waals surface area contributed by atoms with Gasteiger partial charge in [0.05, 0.1) is 29.3 Å². The molecule has 6 heterocycles. The molecule has 5 aromatic heterocycles. The van der Waals surface area contributed by atoms with Crippen molar-refractivity contribution >= 4 is 38.4 Å². The number of carbonyl (C=O) groups excluding carboxylic acids is 1. The summed E-state index contributed by atoms with van der Waals surface area (Å²) >= 11 is 1.48. The summed E-state index contributed by atoms with van der Waals surface area (Å²) in [6.07, 6.45) is 4.32. The minimum Gasteiger partial charge on any atom is -0.444 e. The molecule has 1 aliphatic rings. The zero-order valence-corrected chi connectivity index (χ0v) is 20.5. The number of pyridine rings is 3. The number of ether oxygens (including phenoxy) is 1. The lowest BCUT2D eigenvalue weighted by Gasteiger charge is -2.25. The smallest absolute Gasteiger partial charge is 0.277 e. The van der Waals surface area contributed by atoms with Crippen LogP contribution in [-0.4, -0.2) is 57.1 Å². The van der Waals surface area contributed by atoms with E-state index < -0.39 is 11.9 Å². The molecule has 0 aromatic carbocycles. The minimum absolute atomic E-state index is 0.103. The van der Waals surface area contributed by atoms with Gasteiger partial charge < -0.3 is 19.4 Å². The van der Waals surface area contributed by atoms with Crippen molar-refractivity contribution < 1.29 is 18.3 Å². The SMILES string of the molecule is Cc1cc(-c2nc(C(=O)Nc3cc4sc(N5CCOCC5)nc4nc3-c3ccc(F)nc3)co2)ccn1. The summed E-state index contributed by atoms with van der Waals surface area (Å²) in [5, 5.41) is 3.71. The van der Waals surface area contributed by atoms with Crippen LogP contribution in [0.15, 0.2) is 53.4 Å². The average molecular weight is 518 g/mol. The largest absolute Gasteiger partial charge is 0.444 e. The van der Waals surface area contributed by atoms with E-state index in [9.17, 15) is 9.18 Å². The summed E-state index contributed by atoms with van der Waals surface area (Å²) < 4.78 is 25.3. The highest BCUT2D eigenvalue weighted by Gasteiger charge is 2.21. The summed E-state index contributed by atoms with van der Waals surface area (Å²) in [6.45, 7) is 4.61. The first-order chi connectivity index (χ1) is 18.0. The lowest BCUT2D eigenvalue weighted by Crippen LogP contribution is -2.36. The molecule has 5 aromatic rings. The summed E-state index contributed by atoms with van der Waals surface area (Å²) in [7, 11) is 0. The normalized spacial score (nSPS) is 13.7. The van der Waals surface area contributed by atoms with Gasteiger partial charge in [-0.1, -0.05) is 11.3 Å². The first-order valence-electron chi connectivity index (χ1n) is 11.5. The first-order valence-corrected chi connectivity index (χ1v) is 12.3. The quantitative estimate of drug-likeness (QED) is 0.340. The predicted octanol–water partition coefficient (Wildman–Crippen LogP) is 4.34. The van der Waals surface area contributed by atoms with Crippen molar-refractivity contribution in [2.24, 2.45) is 0 Å². The van der Waals surface area contributed by atoms with E-state index in [2.05, 4.69) is 25.2 Å². The third-order valence-electron chi connectivity index (χ3n) is 5.78. The number of amides is 1. The van der Waals surface area contributed by atoms with Crippen LogP contribution in [0.2, 0.25) is 0 Å². The number of hydrogen-bond donors (Lipinski definition) is 1. The molecule has 0 saturated carbocycles. The van der Waals surface area contributed by atoms with Crippen LogP contribution in [0.5, 0.6) is 0 Å². The second kappa shape index (κ2) is 9.64. The monoisotopic (exact) mass is 517 g/mol. The van der Waals surface area contributed by atoms with Gasteiger partial charge in [0.2, 0.25) is 11.8 Å². The molecule has 10 nitrogen and oxygen atoms in total. The number of carbonyl (C=O) groups is 1. The fourth-order valence-electron chi connectivity index (χ4n) is 3.95. The van der Waals surface area contributed by atoms with Crippen molar-refractivity contribution in [3.8, 4) is 22.7 Å². The molecule has 0 aliphatic carbocycles. The third kappa shape index (κ3) is 4.76. The highest BCUT2D eigenvalue weighted by Crippen LogP contribution is 2.35. The highest BCUT2D eigenvalue weighted by atomic mass is 32.1. The molecule has 6 rings (SSSR count). The molecule has 1 aliphatic heterocycles. The van der Waals surface area contributed by atoms with Gasteiger partial charge in [0, 0.05) is 42.3 Å². The molecule has 1 fully saturated rings. The Labute approximate surface area is 214 Å². The maximum absolute atomic E-state index is 13.5. The van der Waals surface area contributed by atoms with Gasteiger partial charge in [-0.05, 0) is 37.3 Å². The van der Waals surface area contributed by atoms with Crippen molar-refractivity contribution in [2.45, 2.75) is 6.92 Å². The second-order valence-electron chi connectivity index (χ2n) is 8.35. The van der Waals surface area contributed by atoms with Crippen LogP contribution in [0.3, 0.4) is 0 Å². The minimum atomic E-state index is -0.611. The second-order valence-corrected chi connectivity index (χ2v) is 9.36. The molecule has 0 radical (unpaired) electrons. The Morgan fingerprint density at radius 1 is 1.08 bits per heavy atom. The van der Waals surface area contributed by atoms with E-state index in [1.54, 1.807) is 18.3 Å². The zero-order chi connectivity index (χ0) is 25.4. The van der Waals surface area contributed by atoms with E-state index in [-0.39, 0.29) is 5.69 Å². The van der Waals surface area contributed by atoms with E-state index in [0.29, 0.717) is 47.3 Å². The Kier molecular flexibility index (Phi) is 6.02. The van der Waals surface area contributed by atoms with Gasteiger partial charge >= 0.3 is 0 Å². The Morgan fingerprint density at radius 2 is 1.95 bits per heavy atom. The number of nitrogens with one attached hydrogen (secondary N) is 1. The molecule has 37 heavy (non-hydrogen) atoms. The van der Waals surface area contributed by atoms with Crippen molar-refractivity contribution in [2.75, 3.05) is 36.5 Å². The van der Waals surface area contributed by atoms with Crippen LogP contribution in [0.4, 0.5) is 15.2 Å². The Morgan fingerprint density at radius 3 is 2.73 bits per heavy atom. The molecule has 186 valence electrons. The van der Waals surface area contributed by atoms with Crippen molar-refractivity contribution in [3.63, 3.8) is 0 Å². The van der Waals surface area contributed by atoms with Gasteiger partial charge in [-0.3, -0.25) is 9.78 Å². The number of rotatable bonds is 5. The van der Waals surface area contributed by atoms with E-state index in [1.165, 1.54) is 29.9 Å². The van der Waals surface area contributed by atoms with Crippen LogP contribution in [0, 0.1) is 12.9 Å². The van der Waals surface area contributed by atoms with Crippen molar-refractivity contribution in [1.29, 1.82) is 0 Å². The van der Waals surface area contributed by atoms with E-state index in [1.807, 2.05) is 19.1 Å². The van der Waals surface area contributed by atoms with Gasteiger partial charge in [0.25, 0.3) is 5.91 Å². The van der Waals surface area contributed by atoms with Gasteiger partial charge in [0.15, 0.2) is 16.5 Å². The van der Waals surface area contributed by atoms with Crippen LogP contribution < -0.4 is 10.2 Å². The summed E-state index contributed by atoms with van der Waals surface area (Å²) in [5.41, 5.74) is 3.53. The summed E-state index contributed by atoms with van der Waals surface area (Å²) in [4.78, 5) is 37.0. The van der Waals surface area contributed by atoms with Crippen molar-refractivity contribution in [3.05, 3.63) is 66.3 Å². The summed E-state index contributed by atoms with van der Waals surface area (Å²) in [6, 6.07) is 8.19. The van der Waals surface area contributed by atoms with Gasteiger partial charge in [-0.15, -0.1) is 0 Å². The van der Waals surface area contributed by atoms with Gasteiger partial charge in [-0.25, -0.2) is 15.0 Å². The molecular weight excluding hydrogens is 497 g/mol. The maximum Gasteiger partial charge on any atom is 0.277 e. The molecule has 1 saturated heterocycles. The fourth-order valence-corrected chi connectivity index (χ4v) is 4.95. The van der Waals surface area contributed by atoms with Gasteiger partial charge in [0.1, 0.15) is 6.26 Å². The molecule has 1 amide bonds. The number of anilines is 2. The lowest BCUT2D eigenvalue weighted by atomic mass is 10.1. The maximum atomic E-state index is 13.5. The Bertz CT molecular complexity index is 1600. The zero-order valence-electron chi connectivity index (χ0n) is 19.6. The number of aryl methyl sites for hydroxylation is 1. The van der Waals surface area contributed by atoms with Crippen LogP contribution in [0.1, 0.15) is 16.2 Å². The standard InChI is InChI=1S/C25H20FN7O3S/c1-14-10-15(4-5-27-14)24-30-18(13-36-24)23(34)29-17-11-19-22(31-21(17)16-2-3-20(26)28-12-16)32-25(37-19)33-6-8-35-9-7-33/h2-5,10-13H,6-9H2,1H3,(H,29,34). The van der Waals surface area contributed by atoms with E-state index in [4.69, 9.17) is 19.1 Å². The topological polar surface area (TPSA) is 119 Å². The van der Waals surface area contributed by atoms with Crippen LogP contribution in [-0.2, 0) is 4.74 Å². The third-order valence-corrected chi connectivity index (χ3v) is 6.83. The number of aromatic nitrogens is 5. The molecule has 0 bridgehead atoms. The summed E-state index contributed by atoms with van der Waals surface area (Å²) in [5.74, 6) is -0.777. The van der Waals surface area contributed by atoms with Gasteiger partial charge in [-0.2, -0.15) is 9.37 Å². The predicted molar refractivity (Wildman–Crippen MR) is 136 cm³/mol. The van der Waals surface area contributed by atoms with Crippen LogP contribution >= 0.6 is 11.3 Å². The number of nitrogens with zero attached hydrogens (tertiary/aromatic N) is 6. The first kappa shape index (κ1) is 23.1. The fraction of sp³-hybridized carbons (Fsp3) is 0.200. The number of halogens is 1.